The summed E-state index contributed by atoms with van der Waals surface area (Å²) in [5.41, 5.74) is 1.38. The lowest BCUT2D eigenvalue weighted by Gasteiger charge is -2.18. The molecule has 8 nitrogen and oxygen atoms in total. The maximum absolute atomic E-state index is 11.5. The van der Waals surface area contributed by atoms with Crippen LogP contribution in [0.15, 0.2) is 59.8 Å². The van der Waals surface area contributed by atoms with Crippen molar-refractivity contribution in [1.29, 1.82) is 0 Å². The molecule has 0 bridgehead atoms. The highest BCUT2D eigenvalue weighted by molar-refractivity contribution is 7.89. The van der Waals surface area contributed by atoms with Crippen LogP contribution in [0.25, 0.3) is 10.8 Å². The van der Waals surface area contributed by atoms with E-state index in [0.717, 1.165) is 5.56 Å². The summed E-state index contributed by atoms with van der Waals surface area (Å²) in [4.78, 5) is 14.7. The third-order valence-corrected chi connectivity index (χ3v) is 4.96. The molecule has 0 spiro atoms. The van der Waals surface area contributed by atoms with Crippen molar-refractivity contribution in [3.63, 3.8) is 0 Å². The van der Waals surface area contributed by atoms with Gasteiger partial charge in [0.1, 0.15) is 0 Å². The molecule has 3 aromatic rings. The molecule has 9 heteroatoms. The van der Waals surface area contributed by atoms with Crippen LogP contribution in [-0.4, -0.2) is 18.3 Å². The Bertz CT molecular complexity index is 1100. The fourth-order valence-corrected chi connectivity index (χ4v) is 3.31. The first-order valence-electron chi connectivity index (χ1n) is 7.68. The van der Waals surface area contributed by atoms with Crippen LogP contribution in [-0.2, 0) is 10.0 Å². The summed E-state index contributed by atoms with van der Waals surface area (Å²) in [6.07, 6.45) is 3.01. The molecular formula is C17H16N4O4S. The highest BCUT2D eigenvalue weighted by Gasteiger charge is 2.16. The molecule has 0 aliphatic rings. The van der Waals surface area contributed by atoms with E-state index >= 15 is 0 Å². The highest BCUT2D eigenvalue weighted by Crippen LogP contribution is 2.32. The Balaban J connectivity index is 2.00. The van der Waals surface area contributed by atoms with E-state index in [2.05, 4.69) is 10.3 Å². The number of sulfonamides is 1. The van der Waals surface area contributed by atoms with Crippen molar-refractivity contribution in [1.82, 2.24) is 4.98 Å². The van der Waals surface area contributed by atoms with Crippen molar-refractivity contribution in [2.75, 3.05) is 5.32 Å². The van der Waals surface area contributed by atoms with Crippen LogP contribution in [0.5, 0.6) is 0 Å². The molecule has 26 heavy (non-hydrogen) atoms. The quantitative estimate of drug-likeness (QED) is 0.523. The molecule has 0 radical (unpaired) electrons. The van der Waals surface area contributed by atoms with E-state index in [1.54, 1.807) is 30.5 Å². The molecule has 0 saturated carbocycles. The molecular weight excluding hydrogens is 356 g/mol. The van der Waals surface area contributed by atoms with Crippen LogP contribution >= 0.6 is 0 Å². The molecule has 1 aromatic heterocycles. The van der Waals surface area contributed by atoms with Gasteiger partial charge in [-0.2, -0.15) is 0 Å². The Morgan fingerprint density at radius 1 is 1.19 bits per heavy atom. The SMILES string of the molecule is C[C@H](Nc1ccc([N+](=O)[O-])c2cnccc12)c1cccc(S(N)(=O)=O)c1. The van der Waals surface area contributed by atoms with E-state index in [-0.39, 0.29) is 16.6 Å². The second kappa shape index (κ2) is 6.70. The number of nitro groups is 1. The van der Waals surface area contributed by atoms with Crippen molar-refractivity contribution in [3.8, 4) is 0 Å². The third kappa shape index (κ3) is 3.48. The number of benzene rings is 2. The number of non-ortho nitro benzene ring substituents is 1. The minimum atomic E-state index is -3.79. The lowest BCUT2D eigenvalue weighted by molar-refractivity contribution is -0.383. The summed E-state index contributed by atoms with van der Waals surface area (Å²) in [7, 11) is -3.79. The normalized spacial score (nSPS) is 12.7. The van der Waals surface area contributed by atoms with Crippen LogP contribution in [0.3, 0.4) is 0 Å². The number of nitrogens with two attached hydrogens (primary N) is 1. The van der Waals surface area contributed by atoms with E-state index in [1.165, 1.54) is 24.4 Å². The van der Waals surface area contributed by atoms with E-state index in [0.29, 0.717) is 16.5 Å². The predicted octanol–water partition coefficient (Wildman–Crippen LogP) is 2.96. The Morgan fingerprint density at radius 3 is 2.65 bits per heavy atom. The van der Waals surface area contributed by atoms with Gasteiger partial charge in [0, 0.05) is 35.6 Å². The van der Waals surface area contributed by atoms with Crippen molar-refractivity contribution < 1.29 is 13.3 Å². The van der Waals surface area contributed by atoms with Gasteiger partial charge in [-0.1, -0.05) is 12.1 Å². The average Bonchev–Trinajstić information content (AvgIpc) is 2.61. The standard InChI is InChI=1S/C17H16N4O4S/c1-11(12-3-2-4-13(9-12)26(18,24)25)20-16-5-6-17(21(22)23)15-10-19-8-7-14(15)16/h2-11,20H,1H3,(H2,18,24,25)/t11-/m0/s1. The van der Waals surface area contributed by atoms with Crippen molar-refractivity contribution in [3.05, 3.63) is 70.5 Å². The number of rotatable bonds is 5. The van der Waals surface area contributed by atoms with Gasteiger partial charge >= 0.3 is 0 Å². The van der Waals surface area contributed by atoms with Gasteiger partial charge in [0.2, 0.25) is 10.0 Å². The molecule has 0 saturated heterocycles. The minimum absolute atomic E-state index is 0.0254. The van der Waals surface area contributed by atoms with Gasteiger partial charge in [0.25, 0.3) is 5.69 Å². The first-order chi connectivity index (χ1) is 12.3. The van der Waals surface area contributed by atoms with Gasteiger partial charge in [0.05, 0.1) is 15.2 Å². The zero-order valence-corrected chi connectivity index (χ0v) is 14.6. The van der Waals surface area contributed by atoms with E-state index in [9.17, 15) is 18.5 Å². The Hall–Kier alpha value is -3.04. The lowest BCUT2D eigenvalue weighted by atomic mass is 10.1. The second-order valence-corrected chi connectivity index (χ2v) is 7.36. The average molecular weight is 372 g/mol. The zero-order valence-electron chi connectivity index (χ0n) is 13.8. The van der Waals surface area contributed by atoms with E-state index in [4.69, 9.17) is 5.14 Å². The van der Waals surface area contributed by atoms with Crippen LogP contribution < -0.4 is 10.5 Å². The topological polar surface area (TPSA) is 128 Å². The van der Waals surface area contributed by atoms with Gasteiger partial charge in [-0.15, -0.1) is 0 Å². The number of anilines is 1. The van der Waals surface area contributed by atoms with Gasteiger partial charge in [-0.05, 0) is 36.8 Å². The lowest BCUT2D eigenvalue weighted by Crippen LogP contribution is -2.13. The molecule has 134 valence electrons. The van der Waals surface area contributed by atoms with Crippen molar-refractivity contribution >= 4 is 32.2 Å². The summed E-state index contributed by atoms with van der Waals surface area (Å²) in [6, 6.07) is 10.8. The van der Waals surface area contributed by atoms with Crippen LogP contribution in [0.1, 0.15) is 18.5 Å². The van der Waals surface area contributed by atoms with Gasteiger partial charge in [0.15, 0.2) is 0 Å². The third-order valence-electron chi connectivity index (χ3n) is 4.05. The Morgan fingerprint density at radius 2 is 1.96 bits per heavy atom. The maximum atomic E-state index is 11.5. The number of pyridine rings is 1. The Kier molecular flexibility index (Phi) is 4.58. The largest absolute Gasteiger partial charge is 0.378 e. The number of aromatic nitrogens is 1. The first-order valence-corrected chi connectivity index (χ1v) is 9.22. The van der Waals surface area contributed by atoms with E-state index < -0.39 is 14.9 Å². The number of hydrogen-bond donors (Lipinski definition) is 2. The number of fused-ring (bicyclic) bond motifs is 1. The second-order valence-electron chi connectivity index (χ2n) is 5.79. The molecule has 1 heterocycles. The highest BCUT2D eigenvalue weighted by atomic mass is 32.2. The first kappa shape index (κ1) is 17.8. The van der Waals surface area contributed by atoms with Gasteiger partial charge < -0.3 is 5.32 Å². The fraction of sp³-hybridized carbons (Fsp3) is 0.118. The van der Waals surface area contributed by atoms with Crippen LogP contribution in [0, 0.1) is 10.1 Å². The molecule has 0 unspecified atom stereocenters. The number of primary sulfonamides is 1. The summed E-state index contributed by atoms with van der Waals surface area (Å²) in [5.74, 6) is 0. The molecule has 3 N–H and O–H groups in total. The summed E-state index contributed by atoms with van der Waals surface area (Å²) < 4.78 is 23.1. The number of nitro benzene ring substituents is 1. The smallest absolute Gasteiger partial charge is 0.278 e. The maximum Gasteiger partial charge on any atom is 0.278 e. The molecule has 0 aliphatic heterocycles. The van der Waals surface area contributed by atoms with Crippen LogP contribution in [0.4, 0.5) is 11.4 Å². The molecule has 1 atom stereocenters. The summed E-state index contributed by atoms with van der Waals surface area (Å²) in [5, 5.41) is 20.7. The molecule has 0 aliphatic carbocycles. The van der Waals surface area contributed by atoms with Gasteiger partial charge in [-0.3, -0.25) is 15.1 Å². The fourth-order valence-electron chi connectivity index (χ4n) is 2.74. The molecule has 3 rings (SSSR count). The summed E-state index contributed by atoms with van der Waals surface area (Å²) in [6.45, 7) is 1.86. The number of nitrogens with one attached hydrogen (secondary N) is 1. The predicted molar refractivity (Wildman–Crippen MR) is 98.3 cm³/mol. The zero-order chi connectivity index (χ0) is 18.9. The van der Waals surface area contributed by atoms with E-state index in [1.807, 2.05) is 6.92 Å². The molecule has 0 amide bonds. The minimum Gasteiger partial charge on any atom is -0.378 e. The number of nitrogens with zero attached hydrogens (tertiary/aromatic N) is 2. The van der Waals surface area contributed by atoms with Crippen molar-refractivity contribution in [2.45, 2.75) is 17.9 Å². The number of hydrogen-bond acceptors (Lipinski definition) is 6. The monoisotopic (exact) mass is 372 g/mol. The molecule has 2 aromatic carbocycles. The Labute approximate surface area is 149 Å². The summed E-state index contributed by atoms with van der Waals surface area (Å²) >= 11 is 0. The van der Waals surface area contributed by atoms with Crippen LogP contribution in [0.2, 0.25) is 0 Å². The van der Waals surface area contributed by atoms with Crippen molar-refractivity contribution in [2.24, 2.45) is 5.14 Å². The van der Waals surface area contributed by atoms with Gasteiger partial charge in [-0.25, -0.2) is 13.6 Å². The molecule has 0 fully saturated rings.